The molecular formula is C24H28FN3O2. The number of piperidine rings is 2. The standard InChI is InChI=1S/C24H28FN3O2/c25-21-7-5-19(6-8-21)3-2-12-27-13-9-24(10-14-27)15-22(29)17-28(18-24)23(30)20-4-1-11-26-16-20/h1-8,11,16,22,29H,9-10,12-15,17-18H2/b3-2+. The first-order chi connectivity index (χ1) is 14.5. The van der Waals surface area contributed by atoms with Gasteiger partial charge in [0, 0.05) is 32.0 Å². The minimum Gasteiger partial charge on any atom is -0.391 e. The van der Waals surface area contributed by atoms with Crippen molar-refractivity contribution in [3.63, 3.8) is 0 Å². The molecule has 0 radical (unpaired) electrons. The summed E-state index contributed by atoms with van der Waals surface area (Å²) >= 11 is 0. The Labute approximate surface area is 176 Å². The number of benzene rings is 1. The molecule has 2 aliphatic rings. The molecule has 1 aromatic heterocycles. The van der Waals surface area contributed by atoms with Gasteiger partial charge >= 0.3 is 0 Å². The number of likely N-dealkylation sites (tertiary alicyclic amines) is 2. The smallest absolute Gasteiger partial charge is 0.255 e. The van der Waals surface area contributed by atoms with Crippen LogP contribution in [0.3, 0.4) is 0 Å². The number of pyridine rings is 1. The van der Waals surface area contributed by atoms with Gasteiger partial charge < -0.3 is 10.0 Å². The summed E-state index contributed by atoms with van der Waals surface area (Å²) in [6.45, 7) is 3.80. The number of carbonyl (C=O) groups excluding carboxylic acids is 1. The summed E-state index contributed by atoms with van der Waals surface area (Å²) in [5.41, 5.74) is 1.54. The average Bonchev–Trinajstić information content (AvgIpc) is 2.76. The highest BCUT2D eigenvalue weighted by Crippen LogP contribution is 2.40. The van der Waals surface area contributed by atoms with Crippen LogP contribution in [-0.4, -0.2) is 64.6 Å². The van der Waals surface area contributed by atoms with Gasteiger partial charge in [-0.1, -0.05) is 24.3 Å². The number of rotatable bonds is 4. The zero-order valence-electron chi connectivity index (χ0n) is 17.1. The Balaban J connectivity index is 1.33. The lowest BCUT2D eigenvalue weighted by molar-refractivity contribution is -0.0313. The molecule has 1 aromatic carbocycles. The number of hydrogen-bond acceptors (Lipinski definition) is 4. The molecule has 1 spiro atoms. The lowest BCUT2D eigenvalue weighted by atomic mass is 9.71. The van der Waals surface area contributed by atoms with Crippen LogP contribution >= 0.6 is 0 Å². The number of halogens is 1. The van der Waals surface area contributed by atoms with Crippen LogP contribution in [0.5, 0.6) is 0 Å². The van der Waals surface area contributed by atoms with Crippen LogP contribution in [0.15, 0.2) is 54.9 Å². The number of nitrogens with zero attached hydrogens (tertiary/aromatic N) is 3. The summed E-state index contributed by atoms with van der Waals surface area (Å²) in [4.78, 5) is 21.1. The Bertz CT molecular complexity index is 877. The number of hydrogen-bond donors (Lipinski definition) is 1. The molecule has 1 N–H and O–H groups in total. The molecule has 6 heteroatoms. The molecule has 2 saturated heterocycles. The van der Waals surface area contributed by atoms with Gasteiger partial charge in [0.2, 0.25) is 0 Å². The van der Waals surface area contributed by atoms with Crippen molar-refractivity contribution in [3.05, 3.63) is 71.8 Å². The lowest BCUT2D eigenvalue weighted by Gasteiger charge is -2.49. The van der Waals surface area contributed by atoms with Gasteiger partial charge in [0.25, 0.3) is 5.91 Å². The van der Waals surface area contributed by atoms with Gasteiger partial charge in [-0.3, -0.25) is 14.7 Å². The molecule has 2 fully saturated rings. The van der Waals surface area contributed by atoms with Crippen LogP contribution in [0.1, 0.15) is 35.2 Å². The fraction of sp³-hybridized carbons (Fsp3) is 0.417. The molecule has 1 unspecified atom stereocenters. The molecule has 3 heterocycles. The van der Waals surface area contributed by atoms with Crippen LogP contribution in [0.25, 0.3) is 6.08 Å². The first kappa shape index (κ1) is 20.7. The van der Waals surface area contributed by atoms with E-state index in [1.54, 1.807) is 41.6 Å². The molecule has 0 saturated carbocycles. The van der Waals surface area contributed by atoms with Crippen molar-refractivity contribution in [2.75, 3.05) is 32.7 Å². The molecule has 1 amide bonds. The summed E-state index contributed by atoms with van der Waals surface area (Å²) in [5, 5.41) is 10.5. The van der Waals surface area contributed by atoms with Gasteiger partial charge in [0.15, 0.2) is 0 Å². The maximum Gasteiger partial charge on any atom is 0.255 e. The predicted octanol–water partition coefficient (Wildman–Crippen LogP) is 3.22. The SMILES string of the molecule is O=C(c1cccnc1)N1CC(O)CC2(CCN(C/C=C/c3ccc(F)cc3)CC2)C1. The third-order valence-corrected chi connectivity index (χ3v) is 6.28. The zero-order chi connectivity index (χ0) is 21.0. The van der Waals surface area contributed by atoms with Crippen LogP contribution in [0.4, 0.5) is 4.39 Å². The van der Waals surface area contributed by atoms with E-state index in [-0.39, 0.29) is 17.1 Å². The molecule has 0 aliphatic carbocycles. The fourth-order valence-electron chi connectivity index (χ4n) is 4.66. The van der Waals surface area contributed by atoms with Crippen LogP contribution < -0.4 is 0 Å². The summed E-state index contributed by atoms with van der Waals surface area (Å²) < 4.78 is 13.0. The van der Waals surface area contributed by atoms with Gasteiger partial charge in [-0.15, -0.1) is 0 Å². The van der Waals surface area contributed by atoms with E-state index in [2.05, 4.69) is 16.0 Å². The second kappa shape index (κ2) is 9.06. The molecule has 2 aromatic rings. The second-order valence-electron chi connectivity index (χ2n) is 8.54. The van der Waals surface area contributed by atoms with Crippen LogP contribution in [0.2, 0.25) is 0 Å². The summed E-state index contributed by atoms with van der Waals surface area (Å²) in [5.74, 6) is -0.273. The molecule has 30 heavy (non-hydrogen) atoms. The first-order valence-corrected chi connectivity index (χ1v) is 10.5. The molecule has 2 aliphatic heterocycles. The van der Waals surface area contributed by atoms with Gasteiger partial charge in [0.05, 0.1) is 11.7 Å². The minimum atomic E-state index is -0.482. The number of β-amino-alcohol motifs (C(OH)–C–C–N with tert-alkyl or cyclic N) is 1. The number of aromatic nitrogens is 1. The van der Waals surface area contributed by atoms with E-state index < -0.39 is 6.10 Å². The highest BCUT2D eigenvalue weighted by molar-refractivity contribution is 5.94. The molecule has 158 valence electrons. The molecular weight excluding hydrogens is 381 g/mol. The van der Waals surface area contributed by atoms with Gasteiger partial charge in [0.1, 0.15) is 5.82 Å². The van der Waals surface area contributed by atoms with Gasteiger partial charge in [-0.2, -0.15) is 0 Å². The number of aliphatic hydroxyl groups is 1. The molecule has 1 atom stereocenters. The van der Waals surface area contributed by atoms with E-state index in [9.17, 15) is 14.3 Å². The topological polar surface area (TPSA) is 56.7 Å². The van der Waals surface area contributed by atoms with Crippen LogP contribution in [0, 0.1) is 11.2 Å². The van der Waals surface area contributed by atoms with Crippen molar-refractivity contribution >= 4 is 12.0 Å². The van der Waals surface area contributed by atoms with Gasteiger partial charge in [-0.25, -0.2) is 4.39 Å². The average molecular weight is 410 g/mol. The maximum absolute atomic E-state index is 13.0. The van der Waals surface area contributed by atoms with Crippen molar-refractivity contribution in [2.24, 2.45) is 5.41 Å². The quantitative estimate of drug-likeness (QED) is 0.843. The van der Waals surface area contributed by atoms with E-state index in [0.29, 0.717) is 18.7 Å². The molecule has 5 nitrogen and oxygen atoms in total. The van der Waals surface area contributed by atoms with Crippen molar-refractivity contribution in [2.45, 2.75) is 25.4 Å². The largest absolute Gasteiger partial charge is 0.391 e. The normalized spacial score (nSPS) is 21.9. The Hall–Kier alpha value is -2.57. The highest BCUT2D eigenvalue weighted by atomic mass is 19.1. The fourth-order valence-corrected chi connectivity index (χ4v) is 4.66. The third kappa shape index (κ3) is 4.94. The minimum absolute atomic E-state index is 0.0211. The second-order valence-corrected chi connectivity index (χ2v) is 8.54. The van der Waals surface area contributed by atoms with E-state index >= 15 is 0 Å². The van der Waals surface area contributed by atoms with Crippen molar-refractivity contribution in [1.29, 1.82) is 0 Å². The number of amides is 1. The van der Waals surface area contributed by atoms with Crippen molar-refractivity contribution in [3.8, 4) is 0 Å². The van der Waals surface area contributed by atoms with E-state index in [1.807, 2.05) is 6.08 Å². The first-order valence-electron chi connectivity index (χ1n) is 10.5. The predicted molar refractivity (Wildman–Crippen MR) is 114 cm³/mol. The van der Waals surface area contributed by atoms with Crippen LogP contribution in [-0.2, 0) is 0 Å². The Morgan fingerprint density at radius 1 is 1.23 bits per heavy atom. The Kier molecular flexibility index (Phi) is 6.25. The Morgan fingerprint density at radius 3 is 2.70 bits per heavy atom. The van der Waals surface area contributed by atoms with Crippen molar-refractivity contribution < 1.29 is 14.3 Å². The summed E-state index contributed by atoms with van der Waals surface area (Å²) in [6.07, 6.45) is 9.57. The Morgan fingerprint density at radius 2 is 2.00 bits per heavy atom. The van der Waals surface area contributed by atoms with E-state index in [0.717, 1.165) is 44.5 Å². The van der Waals surface area contributed by atoms with E-state index in [4.69, 9.17) is 0 Å². The highest BCUT2D eigenvalue weighted by Gasteiger charge is 2.42. The zero-order valence-corrected chi connectivity index (χ0v) is 17.1. The lowest BCUT2D eigenvalue weighted by Crippen LogP contribution is -2.55. The molecule has 4 rings (SSSR count). The molecule has 0 bridgehead atoms. The third-order valence-electron chi connectivity index (χ3n) is 6.28. The van der Waals surface area contributed by atoms with Gasteiger partial charge in [-0.05, 0) is 67.6 Å². The van der Waals surface area contributed by atoms with E-state index in [1.165, 1.54) is 12.1 Å². The van der Waals surface area contributed by atoms with Crippen molar-refractivity contribution in [1.82, 2.24) is 14.8 Å². The monoisotopic (exact) mass is 409 g/mol. The number of aliphatic hydroxyl groups excluding tert-OH is 1. The summed E-state index contributed by atoms with van der Waals surface area (Å²) in [6, 6.07) is 10.0. The number of carbonyl (C=O) groups is 1. The summed E-state index contributed by atoms with van der Waals surface area (Å²) in [7, 11) is 0. The maximum atomic E-state index is 13.0.